The lowest BCUT2D eigenvalue weighted by Gasteiger charge is -2.28. The summed E-state index contributed by atoms with van der Waals surface area (Å²) in [6, 6.07) is 1.67. The Labute approximate surface area is 96.9 Å². The zero-order chi connectivity index (χ0) is 11.3. The van der Waals surface area contributed by atoms with Gasteiger partial charge in [0.25, 0.3) is 0 Å². The number of rotatable bonds is 0. The van der Waals surface area contributed by atoms with Gasteiger partial charge in [0.1, 0.15) is 5.76 Å². The van der Waals surface area contributed by atoms with Gasteiger partial charge in [0.05, 0.1) is 5.41 Å². The number of aryl methyl sites for hydroxylation is 1. The van der Waals surface area contributed by atoms with Crippen molar-refractivity contribution in [2.45, 2.75) is 31.1 Å². The van der Waals surface area contributed by atoms with Crippen molar-refractivity contribution in [3.63, 3.8) is 0 Å². The highest BCUT2D eigenvalue weighted by Crippen LogP contribution is 2.44. The fourth-order valence-electron chi connectivity index (χ4n) is 2.74. The lowest BCUT2D eigenvalue weighted by molar-refractivity contribution is -0.126. The smallest absolute Gasteiger partial charge is 0.237 e. The molecule has 2 amide bonds. The Bertz CT molecular complexity index is 493. The molecule has 1 aromatic heterocycles. The molecular weight excluding hydrogens is 230 g/mol. The van der Waals surface area contributed by atoms with Crippen molar-refractivity contribution in [3.05, 3.63) is 22.6 Å². The van der Waals surface area contributed by atoms with Crippen LogP contribution in [-0.4, -0.2) is 11.8 Å². The standard InChI is InChI=1S/C11H10ClNO3/c12-8-4-6-7(16-8)2-1-3-11(6)5-9(14)13-10(11)15/h4H,1-3,5H2,(H,13,14,15). The summed E-state index contributed by atoms with van der Waals surface area (Å²) in [6.07, 6.45) is 2.53. The Morgan fingerprint density at radius 2 is 2.25 bits per heavy atom. The first-order chi connectivity index (χ1) is 7.62. The van der Waals surface area contributed by atoms with Gasteiger partial charge in [-0.2, -0.15) is 0 Å². The maximum absolute atomic E-state index is 11.9. The summed E-state index contributed by atoms with van der Waals surface area (Å²) in [5.41, 5.74) is 0.0773. The van der Waals surface area contributed by atoms with E-state index < -0.39 is 5.41 Å². The summed E-state index contributed by atoms with van der Waals surface area (Å²) in [4.78, 5) is 23.3. The highest BCUT2D eigenvalue weighted by molar-refractivity contribution is 6.29. The van der Waals surface area contributed by atoms with Gasteiger partial charge in [-0.15, -0.1) is 0 Å². The molecule has 1 unspecified atom stereocenters. The Kier molecular flexibility index (Phi) is 1.92. The maximum Gasteiger partial charge on any atom is 0.237 e. The van der Waals surface area contributed by atoms with Crippen LogP contribution in [0.15, 0.2) is 10.5 Å². The van der Waals surface area contributed by atoms with E-state index in [1.807, 2.05) is 0 Å². The predicted molar refractivity (Wildman–Crippen MR) is 56.1 cm³/mol. The minimum atomic E-state index is -0.721. The number of furan rings is 1. The average Bonchev–Trinajstić information content (AvgIpc) is 2.70. The van der Waals surface area contributed by atoms with Crippen LogP contribution in [0, 0.1) is 0 Å². The minimum Gasteiger partial charge on any atom is -0.449 e. The summed E-state index contributed by atoms with van der Waals surface area (Å²) in [6.45, 7) is 0. The molecule has 2 aliphatic rings. The van der Waals surface area contributed by atoms with Gasteiger partial charge in [-0.05, 0) is 24.4 Å². The molecule has 0 radical (unpaired) electrons. The predicted octanol–water partition coefficient (Wildman–Crippen LogP) is 1.55. The van der Waals surface area contributed by atoms with E-state index in [1.54, 1.807) is 6.07 Å². The van der Waals surface area contributed by atoms with Crippen molar-refractivity contribution in [3.8, 4) is 0 Å². The molecule has 1 saturated heterocycles. The number of carbonyl (C=O) groups is 2. The molecule has 1 atom stereocenters. The fourth-order valence-corrected chi connectivity index (χ4v) is 2.94. The number of hydrogen-bond acceptors (Lipinski definition) is 3. The monoisotopic (exact) mass is 239 g/mol. The third kappa shape index (κ3) is 1.16. The number of imide groups is 1. The van der Waals surface area contributed by atoms with Gasteiger partial charge < -0.3 is 4.42 Å². The number of halogens is 1. The number of fused-ring (bicyclic) bond motifs is 2. The summed E-state index contributed by atoms with van der Waals surface area (Å²) in [5, 5.41) is 2.66. The van der Waals surface area contributed by atoms with Crippen LogP contribution < -0.4 is 5.32 Å². The van der Waals surface area contributed by atoms with Crippen molar-refractivity contribution in [2.24, 2.45) is 0 Å². The lowest BCUT2D eigenvalue weighted by atomic mass is 9.71. The fraction of sp³-hybridized carbons (Fsp3) is 0.455. The van der Waals surface area contributed by atoms with Gasteiger partial charge in [-0.25, -0.2) is 0 Å². The van der Waals surface area contributed by atoms with Gasteiger partial charge >= 0.3 is 0 Å². The van der Waals surface area contributed by atoms with E-state index in [0.29, 0.717) is 11.6 Å². The van der Waals surface area contributed by atoms with Crippen LogP contribution in [0.1, 0.15) is 30.6 Å². The first kappa shape index (κ1) is 9.90. The third-order valence-electron chi connectivity index (χ3n) is 3.45. The van der Waals surface area contributed by atoms with Crippen molar-refractivity contribution in [1.29, 1.82) is 0 Å². The summed E-state index contributed by atoms with van der Waals surface area (Å²) >= 11 is 5.81. The van der Waals surface area contributed by atoms with Crippen LogP contribution in [0.25, 0.3) is 0 Å². The number of amides is 2. The van der Waals surface area contributed by atoms with Crippen LogP contribution in [0.3, 0.4) is 0 Å². The molecule has 16 heavy (non-hydrogen) atoms. The van der Waals surface area contributed by atoms with Crippen molar-refractivity contribution in [1.82, 2.24) is 5.32 Å². The summed E-state index contributed by atoms with van der Waals surface area (Å²) in [7, 11) is 0. The van der Waals surface area contributed by atoms with Gasteiger partial charge in [0, 0.05) is 24.5 Å². The summed E-state index contributed by atoms with van der Waals surface area (Å²) in [5.74, 6) is 0.326. The Hall–Kier alpha value is -1.29. The quantitative estimate of drug-likeness (QED) is 0.699. The Balaban J connectivity index is 2.16. The molecule has 1 N–H and O–H groups in total. The van der Waals surface area contributed by atoms with Gasteiger partial charge in [-0.1, -0.05) is 0 Å². The molecule has 2 heterocycles. The second-order valence-electron chi connectivity index (χ2n) is 4.38. The first-order valence-electron chi connectivity index (χ1n) is 5.25. The Morgan fingerprint density at radius 3 is 2.94 bits per heavy atom. The number of nitrogens with one attached hydrogen (secondary N) is 1. The zero-order valence-electron chi connectivity index (χ0n) is 8.51. The molecule has 1 fully saturated rings. The van der Waals surface area contributed by atoms with E-state index in [0.717, 1.165) is 24.2 Å². The second kappa shape index (κ2) is 3.10. The SMILES string of the molecule is O=C1CC2(CCCc3oc(Cl)cc32)C(=O)N1. The van der Waals surface area contributed by atoms with Crippen LogP contribution in [-0.2, 0) is 21.4 Å². The van der Waals surface area contributed by atoms with Crippen LogP contribution in [0.5, 0.6) is 0 Å². The van der Waals surface area contributed by atoms with E-state index in [4.69, 9.17) is 16.0 Å². The zero-order valence-corrected chi connectivity index (χ0v) is 9.26. The molecule has 4 nitrogen and oxygen atoms in total. The van der Waals surface area contributed by atoms with E-state index >= 15 is 0 Å². The highest BCUT2D eigenvalue weighted by Gasteiger charge is 2.51. The normalized spacial score (nSPS) is 28.3. The lowest BCUT2D eigenvalue weighted by Crippen LogP contribution is -2.38. The third-order valence-corrected chi connectivity index (χ3v) is 3.64. The molecule has 84 valence electrons. The Morgan fingerprint density at radius 1 is 1.44 bits per heavy atom. The van der Waals surface area contributed by atoms with Gasteiger partial charge in [-0.3, -0.25) is 14.9 Å². The molecule has 0 bridgehead atoms. The van der Waals surface area contributed by atoms with Crippen LogP contribution >= 0.6 is 11.6 Å². The van der Waals surface area contributed by atoms with Crippen molar-refractivity contribution >= 4 is 23.4 Å². The largest absolute Gasteiger partial charge is 0.449 e. The van der Waals surface area contributed by atoms with Gasteiger partial charge in [0.2, 0.25) is 11.8 Å². The van der Waals surface area contributed by atoms with Crippen LogP contribution in [0.2, 0.25) is 5.22 Å². The van der Waals surface area contributed by atoms with E-state index in [2.05, 4.69) is 5.32 Å². The molecule has 5 heteroatoms. The highest BCUT2D eigenvalue weighted by atomic mass is 35.5. The van der Waals surface area contributed by atoms with Crippen molar-refractivity contribution < 1.29 is 14.0 Å². The van der Waals surface area contributed by atoms with Gasteiger partial charge in [0.15, 0.2) is 5.22 Å². The minimum absolute atomic E-state index is 0.212. The molecule has 1 aromatic rings. The number of carbonyl (C=O) groups excluding carboxylic acids is 2. The number of hydrogen-bond donors (Lipinski definition) is 1. The maximum atomic E-state index is 11.9. The molecular formula is C11H10ClNO3. The van der Waals surface area contributed by atoms with Crippen molar-refractivity contribution in [2.75, 3.05) is 0 Å². The second-order valence-corrected chi connectivity index (χ2v) is 4.75. The van der Waals surface area contributed by atoms with E-state index in [9.17, 15) is 9.59 Å². The van der Waals surface area contributed by atoms with E-state index in [1.165, 1.54) is 0 Å². The first-order valence-corrected chi connectivity index (χ1v) is 5.63. The molecule has 0 saturated carbocycles. The van der Waals surface area contributed by atoms with E-state index in [-0.39, 0.29) is 18.2 Å². The molecule has 1 aliphatic carbocycles. The topological polar surface area (TPSA) is 59.3 Å². The molecule has 1 spiro atoms. The summed E-state index contributed by atoms with van der Waals surface area (Å²) < 4.78 is 5.35. The average molecular weight is 240 g/mol. The van der Waals surface area contributed by atoms with Crippen LogP contribution in [0.4, 0.5) is 0 Å². The molecule has 1 aliphatic heterocycles. The molecule has 3 rings (SSSR count). The molecule has 0 aromatic carbocycles.